The number of aromatic nitrogens is 2. The summed E-state index contributed by atoms with van der Waals surface area (Å²) in [4.78, 5) is 49.4. The zero-order valence-corrected chi connectivity index (χ0v) is 22.0. The van der Waals surface area contributed by atoms with E-state index < -0.39 is 17.4 Å². The summed E-state index contributed by atoms with van der Waals surface area (Å²) in [7, 11) is 0. The van der Waals surface area contributed by atoms with Crippen molar-refractivity contribution in [2.75, 3.05) is 4.90 Å². The number of para-hydroxylation sites is 2. The molecule has 5 aromatic rings. The first-order valence-corrected chi connectivity index (χ1v) is 13.7. The van der Waals surface area contributed by atoms with Crippen LogP contribution in [0, 0.1) is 17.8 Å². The van der Waals surface area contributed by atoms with E-state index in [1.807, 2.05) is 84.9 Å². The van der Waals surface area contributed by atoms with Crippen molar-refractivity contribution in [3.05, 3.63) is 113 Å². The summed E-state index contributed by atoms with van der Waals surface area (Å²) < 4.78 is 1.64. The first kappa shape index (κ1) is 23.3. The lowest BCUT2D eigenvalue weighted by Crippen LogP contribution is -2.51. The number of hydrogen-bond acceptors (Lipinski definition) is 5. The van der Waals surface area contributed by atoms with Gasteiger partial charge in [0.15, 0.2) is 0 Å². The number of rotatable bonds is 2. The third-order valence-corrected chi connectivity index (χ3v) is 9.02. The molecule has 2 saturated heterocycles. The molecule has 196 valence electrons. The molecule has 1 N–H and O–H groups in total. The van der Waals surface area contributed by atoms with Gasteiger partial charge in [-0.25, -0.2) is 9.88 Å². The van der Waals surface area contributed by atoms with Crippen molar-refractivity contribution in [2.45, 2.75) is 25.4 Å². The van der Waals surface area contributed by atoms with Gasteiger partial charge in [-0.3, -0.25) is 24.3 Å². The zero-order chi connectivity index (χ0) is 27.3. The van der Waals surface area contributed by atoms with E-state index >= 15 is 0 Å². The normalized spacial score (nSPS) is 24.9. The molecule has 0 radical (unpaired) electrons. The van der Waals surface area contributed by atoms with E-state index in [0.717, 1.165) is 16.3 Å². The van der Waals surface area contributed by atoms with Gasteiger partial charge in [0.05, 0.1) is 34.1 Å². The Labute approximate surface area is 230 Å². The van der Waals surface area contributed by atoms with E-state index in [1.54, 1.807) is 10.6 Å². The second kappa shape index (κ2) is 7.96. The van der Waals surface area contributed by atoms with E-state index in [-0.39, 0.29) is 29.3 Å². The van der Waals surface area contributed by atoms with Gasteiger partial charge in [0.2, 0.25) is 11.8 Å². The molecule has 2 unspecified atom stereocenters. The van der Waals surface area contributed by atoms with Crippen LogP contribution in [0.4, 0.5) is 5.69 Å². The fourth-order valence-electron chi connectivity index (χ4n) is 7.37. The summed E-state index contributed by atoms with van der Waals surface area (Å²) in [5, 5.41) is 6.07. The Balaban J connectivity index is 1.43. The van der Waals surface area contributed by atoms with Crippen LogP contribution in [-0.2, 0) is 15.1 Å². The molecule has 2 fully saturated rings. The van der Waals surface area contributed by atoms with Gasteiger partial charge >= 0.3 is 0 Å². The predicted octanol–water partition coefficient (Wildman–Crippen LogP) is 4.53. The molecule has 7 heteroatoms. The van der Waals surface area contributed by atoms with E-state index in [2.05, 4.69) is 19.2 Å². The molecule has 3 aliphatic rings. The summed E-state index contributed by atoms with van der Waals surface area (Å²) >= 11 is 0. The average Bonchev–Trinajstić information content (AvgIpc) is 3.56. The number of imide groups is 1. The number of nitrogens with zero attached hydrogens (tertiary/aromatic N) is 3. The molecule has 0 saturated carbocycles. The number of fused-ring (bicyclic) bond motifs is 9. The fraction of sp³-hybridized carbons (Fsp3) is 0.212. The highest BCUT2D eigenvalue weighted by atomic mass is 16.2. The van der Waals surface area contributed by atoms with Crippen LogP contribution in [0.25, 0.3) is 27.4 Å². The highest BCUT2D eigenvalue weighted by Gasteiger charge is 2.70. The van der Waals surface area contributed by atoms with Gasteiger partial charge in [0, 0.05) is 17.0 Å². The van der Waals surface area contributed by atoms with E-state index in [0.29, 0.717) is 28.1 Å². The lowest BCUT2D eigenvalue weighted by atomic mass is 9.75. The largest absolute Gasteiger partial charge is 0.296 e. The maximum Gasteiger partial charge on any atom is 0.266 e. The van der Waals surface area contributed by atoms with Crippen LogP contribution < -0.4 is 15.8 Å². The van der Waals surface area contributed by atoms with E-state index in [4.69, 9.17) is 4.98 Å². The molecule has 4 aromatic carbocycles. The van der Waals surface area contributed by atoms with Crippen LogP contribution in [0.5, 0.6) is 0 Å². The quantitative estimate of drug-likeness (QED) is 0.342. The Bertz CT molecular complexity index is 1970. The smallest absolute Gasteiger partial charge is 0.266 e. The molecule has 2 amide bonds. The second-order valence-corrected chi connectivity index (χ2v) is 11.3. The number of amides is 2. The van der Waals surface area contributed by atoms with Crippen LogP contribution in [0.3, 0.4) is 0 Å². The lowest BCUT2D eigenvalue weighted by Gasteiger charge is -2.32. The first-order chi connectivity index (χ1) is 19.4. The van der Waals surface area contributed by atoms with E-state index in [1.165, 1.54) is 4.90 Å². The molecule has 40 heavy (non-hydrogen) atoms. The van der Waals surface area contributed by atoms with Crippen LogP contribution in [0.15, 0.2) is 95.8 Å². The summed E-state index contributed by atoms with van der Waals surface area (Å²) in [6, 6.07) is 28.1. The Morgan fingerprint density at radius 2 is 1.45 bits per heavy atom. The van der Waals surface area contributed by atoms with Crippen molar-refractivity contribution in [2.24, 2.45) is 17.8 Å². The molecule has 0 aliphatic carbocycles. The Hall–Kier alpha value is -4.62. The van der Waals surface area contributed by atoms with Gasteiger partial charge in [-0.1, -0.05) is 80.6 Å². The van der Waals surface area contributed by atoms with Crippen molar-refractivity contribution in [3.63, 3.8) is 0 Å². The minimum atomic E-state index is -1.13. The molecule has 4 atom stereocenters. The molecule has 3 aliphatic heterocycles. The van der Waals surface area contributed by atoms with Gasteiger partial charge in [-0.05, 0) is 35.6 Å². The summed E-state index contributed by atoms with van der Waals surface area (Å²) in [6.07, 6.45) is 0. The maximum absolute atomic E-state index is 14.7. The average molecular weight is 527 g/mol. The topological polar surface area (TPSA) is 84.3 Å². The number of hydrogen-bond donors (Lipinski definition) is 1. The number of anilines is 1. The van der Waals surface area contributed by atoms with Crippen LogP contribution in [-0.4, -0.2) is 27.4 Å². The van der Waals surface area contributed by atoms with Gasteiger partial charge in [0.25, 0.3) is 5.56 Å². The second-order valence-electron chi connectivity index (χ2n) is 11.3. The van der Waals surface area contributed by atoms with Crippen LogP contribution in [0.2, 0.25) is 0 Å². The summed E-state index contributed by atoms with van der Waals surface area (Å²) in [5.41, 5.74) is 1.34. The molecular weight excluding hydrogens is 500 g/mol. The van der Waals surface area contributed by atoms with Gasteiger partial charge in [0.1, 0.15) is 11.4 Å². The van der Waals surface area contributed by atoms with Gasteiger partial charge in [-0.2, -0.15) is 0 Å². The monoisotopic (exact) mass is 526 g/mol. The number of nitrogens with one attached hydrogen (secondary N) is 1. The summed E-state index contributed by atoms with van der Waals surface area (Å²) in [6.45, 7) is 4.13. The summed E-state index contributed by atoms with van der Waals surface area (Å²) in [5.74, 6) is -1.36. The Morgan fingerprint density at radius 1 is 0.775 bits per heavy atom. The van der Waals surface area contributed by atoms with Gasteiger partial charge < -0.3 is 0 Å². The van der Waals surface area contributed by atoms with Crippen molar-refractivity contribution in [3.8, 4) is 5.69 Å². The fourth-order valence-corrected chi connectivity index (χ4v) is 7.37. The minimum absolute atomic E-state index is 0.0458. The lowest BCUT2D eigenvalue weighted by molar-refractivity contribution is -0.123. The number of carbonyl (C=O) groups is 2. The highest BCUT2D eigenvalue weighted by Crippen LogP contribution is 2.56. The van der Waals surface area contributed by atoms with Crippen LogP contribution >= 0.6 is 0 Å². The Morgan fingerprint density at radius 3 is 2.27 bits per heavy atom. The molecule has 1 spiro atoms. The zero-order valence-electron chi connectivity index (χ0n) is 22.0. The molecule has 7 nitrogen and oxygen atoms in total. The van der Waals surface area contributed by atoms with E-state index in [9.17, 15) is 14.4 Å². The van der Waals surface area contributed by atoms with Crippen molar-refractivity contribution < 1.29 is 9.59 Å². The third-order valence-electron chi connectivity index (χ3n) is 9.02. The van der Waals surface area contributed by atoms with Crippen LogP contribution in [0.1, 0.15) is 25.2 Å². The Kier molecular flexibility index (Phi) is 4.63. The number of benzene rings is 4. The van der Waals surface area contributed by atoms with Gasteiger partial charge in [-0.15, -0.1) is 0 Å². The molecule has 4 heterocycles. The van der Waals surface area contributed by atoms with Crippen molar-refractivity contribution >= 4 is 39.2 Å². The number of carbonyl (C=O) groups excluding carboxylic acids is 2. The van der Waals surface area contributed by atoms with Crippen molar-refractivity contribution in [1.82, 2.24) is 14.9 Å². The third kappa shape index (κ3) is 2.72. The molecule has 0 bridgehead atoms. The predicted molar refractivity (Wildman–Crippen MR) is 153 cm³/mol. The standard InChI is InChI=1S/C33H26N4O3/c1-18(2)28-26-27(31(40)36(30(26)39)24-17-9-11-19-10-3-4-12-20(19)24)33(35-28)22-14-6-8-16-25(22)37-29(38)21-13-5-7-15-23(21)34-32(33)37/h3-18,26-28,35H,1-2H3/t26-,27-,28?,33?/m1/s1. The SMILES string of the molecule is CC(C)C1NC2(c3ccccc3-n3c2nc2ccccc2c3=O)[C@H]2C(=O)N(c3cccc4ccccc34)C(=O)[C@@H]12. The highest BCUT2D eigenvalue weighted by molar-refractivity contribution is 6.26. The van der Waals surface area contributed by atoms with Crippen molar-refractivity contribution in [1.29, 1.82) is 0 Å². The molecule has 1 aromatic heterocycles. The first-order valence-electron chi connectivity index (χ1n) is 13.7. The molecular formula is C33H26N4O3. The molecule has 8 rings (SSSR count). The minimum Gasteiger partial charge on any atom is -0.296 e. The maximum atomic E-state index is 14.7.